The van der Waals surface area contributed by atoms with E-state index < -0.39 is 69.7 Å². The Balaban J connectivity index is 0.000000236. The predicted molar refractivity (Wildman–Crippen MR) is 240 cm³/mol. The van der Waals surface area contributed by atoms with Crippen LogP contribution >= 0.6 is 69.9 Å². The maximum Gasteiger partial charge on any atom is 0.246 e. The van der Waals surface area contributed by atoms with Gasteiger partial charge in [-0.1, -0.05) is 46.4 Å². The van der Waals surface area contributed by atoms with Crippen molar-refractivity contribution in [2.24, 2.45) is 0 Å². The second kappa shape index (κ2) is 20.4. The fraction of sp³-hybridized carbons (Fsp3) is 0.128. The van der Waals surface area contributed by atoms with E-state index in [4.69, 9.17) is 46.4 Å². The minimum atomic E-state index is -4.29. The molecule has 0 aliphatic heterocycles. The monoisotopic (exact) mass is 1030 g/mol. The van der Waals surface area contributed by atoms with Crippen molar-refractivity contribution in [3.8, 4) is 0 Å². The molecule has 62 heavy (non-hydrogen) atoms. The van der Waals surface area contributed by atoms with Gasteiger partial charge in [-0.3, -0.25) is 4.72 Å². The third kappa shape index (κ3) is 13.4. The molecule has 0 radical (unpaired) electrons. The quantitative estimate of drug-likeness (QED) is 0.0877. The molecule has 0 bridgehead atoms. The Kier molecular flexibility index (Phi) is 16.2. The molecule has 2 atom stereocenters. The van der Waals surface area contributed by atoms with Gasteiger partial charge in [-0.2, -0.15) is 0 Å². The van der Waals surface area contributed by atoms with Gasteiger partial charge in [-0.25, -0.2) is 52.8 Å². The van der Waals surface area contributed by atoms with Crippen LogP contribution in [0.25, 0.3) is 0 Å². The van der Waals surface area contributed by atoms with Crippen LogP contribution in [0.3, 0.4) is 0 Å². The van der Waals surface area contributed by atoms with Crippen LogP contribution in [0.4, 0.5) is 29.2 Å². The van der Waals surface area contributed by atoms with E-state index in [0.717, 1.165) is 71.6 Å². The number of sulfonamides is 3. The minimum absolute atomic E-state index is 0.00386. The Morgan fingerprint density at radius 2 is 0.952 bits per heavy atom. The first-order chi connectivity index (χ1) is 28.9. The molecular weight excluding hydrogens is 999 g/mol. The molecule has 0 aliphatic rings. The lowest BCUT2D eigenvalue weighted by molar-refractivity contribution is 0.587. The third-order valence-corrected chi connectivity index (χ3v) is 15.5. The van der Waals surface area contributed by atoms with Crippen LogP contribution in [0.15, 0.2) is 119 Å². The maximum atomic E-state index is 14.8. The summed E-state index contributed by atoms with van der Waals surface area (Å²) in [5, 5.41) is -0.590. The van der Waals surface area contributed by atoms with Crippen LogP contribution in [-0.2, 0) is 30.1 Å². The highest BCUT2D eigenvalue weighted by Gasteiger charge is 2.31. The summed E-state index contributed by atoms with van der Waals surface area (Å²) in [5.74, 6) is -3.11. The van der Waals surface area contributed by atoms with Gasteiger partial charge in [0.15, 0.2) is 5.82 Å². The smallest absolute Gasteiger partial charge is 0.246 e. The average Bonchev–Trinajstić information content (AvgIpc) is 3.17. The Hall–Kier alpha value is -3.79. The van der Waals surface area contributed by atoms with Crippen LogP contribution in [0.2, 0.25) is 20.1 Å². The molecule has 328 valence electrons. The summed E-state index contributed by atoms with van der Waals surface area (Å²) in [6.45, 7) is 0. The highest BCUT2D eigenvalue weighted by molar-refractivity contribution is 8.09. The number of halogens is 8. The van der Waals surface area contributed by atoms with Gasteiger partial charge in [0.05, 0.1) is 39.3 Å². The highest BCUT2D eigenvalue weighted by atomic mass is 35.5. The van der Waals surface area contributed by atoms with Crippen LogP contribution in [0, 0.1) is 23.3 Å². The summed E-state index contributed by atoms with van der Waals surface area (Å²) in [6, 6.07) is 21.9. The van der Waals surface area contributed by atoms with Crippen LogP contribution < -0.4 is 8.43 Å². The van der Waals surface area contributed by atoms with Gasteiger partial charge in [0, 0.05) is 43.4 Å². The molecule has 2 unspecified atom stereocenters. The number of hydrogen-bond acceptors (Lipinski definition) is 10. The number of rotatable bonds is 13. The maximum absolute atomic E-state index is 14.8. The van der Waals surface area contributed by atoms with Crippen molar-refractivity contribution in [1.82, 2.24) is 9.97 Å². The van der Waals surface area contributed by atoms with Crippen LogP contribution in [0.5, 0.6) is 0 Å². The van der Waals surface area contributed by atoms with Crippen LogP contribution in [0.1, 0.15) is 32.8 Å². The Morgan fingerprint density at radius 3 is 1.35 bits per heavy atom. The van der Waals surface area contributed by atoms with E-state index in [1.54, 1.807) is 48.5 Å². The molecular formula is C39H30Cl4F4N4O6S5. The van der Waals surface area contributed by atoms with Gasteiger partial charge in [0.25, 0.3) is 0 Å². The summed E-state index contributed by atoms with van der Waals surface area (Å²) in [4.78, 5) is 9.14. The number of nitrogens with zero attached hydrogens (tertiary/aromatic N) is 3. The fourth-order valence-electron chi connectivity index (χ4n) is 5.55. The van der Waals surface area contributed by atoms with Crippen LogP contribution in [-0.4, -0.2) is 54.0 Å². The lowest BCUT2D eigenvalue weighted by atomic mass is 10.0. The first kappa shape index (κ1) is 49.2. The molecule has 0 amide bonds. The number of benzene rings is 4. The average molecular weight is 1030 g/mol. The number of aromatic nitrogens is 2. The van der Waals surface area contributed by atoms with E-state index in [2.05, 4.69) is 14.7 Å². The second-order valence-corrected chi connectivity index (χ2v) is 22.7. The lowest BCUT2D eigenvalue weighted by Gasteiger charge is -2.23. The van der Waals surface area contributed by atoms with Gasteiger partial charge in [-0.05, 0) is 108 Å². The summed E-state index contributed by atoms with van der Waals surface area (Å²) in [6.07, 6.45) is 4.71. The van der Waals surface area contributed by atoms with Gasteiger partial charge < -0.3 is 0 Å². The normalized spacial score (nSPS) is 12.8. The van der Waals surface area contributed by atoms with E-state index in [1.807, 2.05) is 0 Å². The number of thioether (sulfide) groups is 2. The number of nitrogens with one attached hydrogen (secondary N) is 1. The van der Waals surface area contributed by atoms with Crippen molar-refractivity contribution >= 4 is 112 Å². The first-order valence-electron chi connectivity index (χ1n) is 17.1. The zero-order chi connectivity index (χ0) is 45.7. The van der Waals surface area contributed by atoms with E-state index in [-0.39, 0.29) is 36.3 Å². The van der Waals surface area contributed by atoms with Gasteiger partial charge in [0.2, 0.25) is 30.1 Å². The number of pyridine rings is 2. The minimum Gasteiger partial charge on any atom is -0.268 e. The third-order valence-electron chi connectivity index (χ3n) is 8.02. The van der Waals surface area contributed by atoms with Gasteiger partial charge >= 0.3 is 0 Å². The van der Waals surface area contributed by atoms with E-state index in [1.165, 1.54) is 24.0 Å². The lowest BCUT2D eigenvalue weighted by Crippen LogP contribution is -2.36. The van der Waals surface area contributed by atoms with E-state index in [9.17, 15) is 42.8 Å². The molecule has 4 aromatic carbocycles. The second-order valence-electron chi connectivity index (χ2n) is 13.0. The predicted octanol–water partition coefficient (Wildman–Crippen LogP) is 11.2. The summed E-state index contributed by atoms with van der Waals surface area (Å²) >= 11 is 26.8. The van der Waals surface area contributed by atoms with E-state index >= 15 is 0 Å². The van der Waals surface area contributed by atoms with Crippen molar-refractivity contribution in [3.05, 3.63) is 175 Å². The molecule has 10 nitrogen and oxygen atoms in total. The molecule has 1 N–H and O–H groups in total. The molecule has 0 aliphatic carbocycles. The molecule has 0 spiro atoms. The van der Waals surface area contributed by atoms with Crippen molar-refractivity contribution < 1.29 is 42.8 Å². The molecule has 0 fully saturated rings. The van der Waals surface area contributed by atoms with Crippen molar-refractivity contribution in [3.63, 3.8) is 0 Å². The molecule has 6 rings (SSSR count). The molecule has 2 aromatic heterocycles. The topological polar surface area (TPSA) is 143 Å². The number of anilines is 2. The molecule has 6 aromatic rings. The Morgan fingerprint density at radius 1 is 0.548 bits per heavy atom. The summed E-state index contributed by atoms with van der Waals surface area (Å²) in [5.41, 5.74) is 0.475. The molecule has 0 saturated heterocycles. The SMILES string of the molecule is CS(=O)(=O)N(c1cc(C(Sc2ccc(Cl)cc2)c2cc(F)ccc2F)c(Cl)cn1)S(C)(=O)=O.CS(=O)(=O)Nc1cc(C(Sc2ccc(Cl)cc2)c2cc(F)ccc2F)c(Cl)cn1. The van der Waals surface area contributed by atoms with Gasteiger partial charge in [-0.15, -0.1) is 27.2 Å². The molecule has 0 saturated carbocycles. The van der Waals surface area contributed by atoms with E-state index in [0.29, 0.717) is 33.0 Å². The molecule has 23 heteroatoms. The summed E-state index contributed by atoms with van der Waals surface area (Å²) in [7, 11) is -12.2. The zero-order valence-electron chi connectivity index (χ0n) is 31.9. The largest absolute Gasteiger partial charge is 0.268 e. The van der Waals surface area contributed by atoms with Crippen molar-refractivity contribution in [2.75, 3.05) is 27.2 Å². The highest BCUT2D eigenvalue weighted by Crippen LogP contribution is 2.46. The van der Waals surface area contributed by atoms with Crippen molar-refractivity contribution in [1.29, 1.82) is 0 Å². The van der Waals surface area contributed by atoms with Crippen molar-refractivity contribution in [2.45, 2.75) is 20.3 Å². The number of hydrogen-bond donors (Lipinski definition) is 1. The fourth-order valence-corrected chi connectivity index (χ4v) is 12.1. The zero-order valence-corrected chi connectivity index (χ0v) is 39.0. The van der Waals surface area contributed by atoms with Gasteiger partial charge in [0.1, 0.15) is 29.1 Å². The summed E-state index contributed by atoms with van der Waals surface area (Å²) < 4.78 is 132. The first-order valence-corrected chi connectivity index (χ1v) is 26.0. The molecule has 2 heterocycles. The Labute approximate surface area is 384 Å². The standard InChI is InChI=1S/C20H16Cl2F2N2O4S3.C19H14Cl2F2N2O2S2/c1-32(27,28)26(33(2,29)30)19-10-15(17(22)11-25-19)20(16-9-13(23)5-8-18(16)24)31-14-6-3-12(21)4-7-14;1-29(26,27)25-18-9-14(16(21)10-24-18)19(15-8-12(22)4-7-17(15)23)28-13-5-2-11(20)3-6-13/h3-11,20H,1-2H3;2-10,19H,1H3,(H,24,25). The Bertz CT molecular complexity index is 2910.